The quantitative estimate of drug-likeness (QED) is 0.510. The molecule has 1 aliphatic rings. The predicted octanol–water partition coefficient (Wildman–Crippen LogP) is 4.68. The highest BCUT2D eigenvalue weighted by Crippen LogP contribution is 2.46. The van der Waals surface area contributed by atoms with E-state index in [2.05, 4.69) is 10.3 Å². The summed E-state index contributed by atoms with van der Waals surface area (Å²) in [5, 5.41) is 2.17. The van der Waals surface area contributed by atoms with E-state index in [1.165, 1.54) is 13.0 Å². The second-order valence-corrected chi connectivity index (χ2v) is 7.96. The lowest BCUT2D eigenvalue weighted by Crippen LogP contribution is -2.44. The van der Waals surface area contributed by atoms with E-state index in [0.29, 0.717) is 0 Å². The second-order valence-electron chi connectivity index (χ2n) is 7.96. The normalized spacial score (nSPS) is 18.3. The molecule has 12 heteroatoms. The number of pyridine rings is 1. The summed E-state index contributed by atoms with van der Waals surface area (Å²) in [6.07, 6.45) is -3.97. The van der Waals surface area contributed by atoms with Gasteiger partial charge in [-0.25, -0.2) is 13.2 Å². The largest absolute Gasteiger partial charge is 0.485 e. The van der Waals surface area contributed by atoms with E-state index in [1.807, 2.05) is 0 Å². The van der Waals surface area contributed by atoms with Gasteiger partial charge >= 0.3 is 6.18 Å². The molecule has 1 fully saturated rings. The van der Waals surface area contributed by atoms with Gasteiger partial charge in [-0.05, 0) is 32.0 Å². The number of nitrogens with one attached hydrogen (secondary N) is 1. The molecule has 0 aliphatic carbocycles. The molecule has 1 unspecified atom stereocenters. The van der Waals surface area contributed by atoms with Gasteiger partial charge in [0.05, 0.1) is 23.4 Å². The Morgan fingerprint density at radius 1 is 1.38 bits per heavy atom. The molecule has 1 atom stereocenters. The summed E-state index contributed by atoms with van der Waals surface area (Å²) >= 11 is 0. The zero-order chi connectivity index (χ0) is 24.8. The van der Waals surface area contributed by atoms with Gasteiger partial charge in [0, 0.05) is 17.3 Å². The Kier molecular flexibility index (Phi) is 5.96. The van der Waals surface area contributed by atoms with Gasteiger partial charge in [0.2, 0.25) is 0 Å². The number of piperidine rings is 1. The number of amides is 1. The van der Waals surface area contributed by atoms with Gasteiger partial charge < -0.3 is 20.2 Å². The number of carbonyl (C=O) groups is 1. The third-order valence-corrected chi connectivity index (χ3v) is 5.71. The SMILES string of the molecule is Cc1oc2cc(C3CCNCC3(F)F)c(OCc3cccnc3C(F)(F)F)c(F)c2c1C(N)=O. The van der Waals surface area contributed by atoms with E-state index in [1.54, 1.807) is 0 Å². The maximum absolute atomic E-state index is 15.7. The van der Waals surface area contributed by atoms with Gasteiger partial charge in [0.15, 0.2) is 17.3 Å². The van der Waals surface area contributed by atoms with E-state index in [9.17, 15) is 26.7 Å². The number of rotatable bonds is 5. The average Bonchev–Trinajstić information content (AvgIpc) is 3.08. The Balaban J connectivity index is 1.88. The lowest BCUT2D eigenvalue weighted by atomic mass is 9.85. The van der Waals surface area contributed by atoms with E-state index >= 15 is 4.39 Å². The number of alkyl halides is 5. The van der Waals surface area contributed by atoms with Crippen LogP contribution in [0.5, 0.6) is 5.75 Å². The number of ether oxygens (including phenoxy) is 1. The first-order valence-electron chi connectivity index (χ1n) is 10.2. The van der Waals surface area contributed by atoms with Crippen LogP contribution in [0.3, 0.4) is 0 Å². The van der Waals surface area contributed by atoms with Crippen LogP contribution in [0, 0.1) is 12.7 Å². The summed E-state index contributed by atoms with van der Waals surface area (Å²) < 4.78 is 96.0. The highest BCUT2D eigenvalue weighted by atomic mass is 19.4. The summed E-state index contributed by atoms with van der Waals surface area (Å²) in [6, 6.07) is 3.45. The topological polar surface area (TPSA) is 90.4 Å². The minimum absolute atomic E-state index is 0.0341. The molecule has 6 nitrogen and oxygen atoms in total. The number of primary amides is 1. The number of hydrogen-bond acceptors (Lipinski definition) is 5. The minimum Gasteiger partial charge on any atom is -0.485 e. The number of aryl methyl sites for hydroxylation is 1. The monoisotopic (exact) mass is 487 g/mol. The summed E-state index contributed by atoms with van der Waals surface area (Å²) in [7, 11) is 0. The lowest BCUT2D eigenvalue weighted by molar-refractivity contribution is -0.142. The molecule has 182 valence electrons. The Labute approximate surface area is 189 Å². The van der Waals surface area contributed by atoms with Crippen molar-refractivity contribution in [1.29, 1.82) is 0 Å². The molecule has 1 saturated heterocycles. The van der Waals surface area contributed by atoms with Crippen molar-refractivity contribution in [1.82, 2.24) is 10.3 Å². The third-order valence-electron chi connectivity index (χ3n) is 5.71. The number of furan rings is 1. The van der Waals surface area contributed by atoms with Crippen molar-refractivity contribution < 1.29 is 40.3 Å². The van der Waals surface area contributed by atoms with Crippen molar-refractivity contribution in [2.45, 2.75) is 38.0 Å². The van der Waals surface area contributed by atoms with Crippen LogP contribution in [0.1, 0.15) is 45.3 Å². The number of halogens is 6. The van der Waals surface area contributed by atoms with Crippen LogP contribution in [0.4, 0.5) is 26.3 Å². The highest BCUT2D eigenvalue weighted by Gasteiger charge is 2.45. The van der Waals surface area contributed by atoms with Crippen LogP contribution in [0.15, 0.2) is 28.8 Å². The standard InChI is InChI=1S/C22H19F6N3O3/c1-10-15(20(29)32)16-14(34-10)7-12(13-4-6-30-9-21(13,24)25)18(17(16)23)33-8-11-3-2-5-31-19(11)22(26,27)28/h2-3,5,7,13,30H,4,6,8-9H2,1H3,(H2,29,32). The lowest BCUT2D eigenvalue weighted by Gasteiger charge is -2.33. The third kappa shape index (κ3) is 4.17. The summed E-state index contributed by atoms with van der Waals surface area (Å²) in [6.45, 7) is 0.0622. The van der Waals surface area contributed by atoms with Crippen molar-refractivity contribution in [3.05, 3.63) is 58.4 Å². The fraction of sp³-hybridized carbons (Fsp3) is 0.364. The Hall–Kier alpha value is -3.28. The number of nitrogens with two attached hydrogens (primary N) is 1. The smallest absolute Gasteiger partial charge is 0.433 e. The minimum atomic E-state index is -4.81. The summed E-state index contributed by atoms with van der Waals surface area (Å²) in [4.78, 5) is 15.2. The number of benzene rings is 1. The molecule has 34 heavy (non-hydrogen) atoms. The molecule has 1 amide bonds. The van der Waals surface area contributed by atoms with Crippen LogP contribution in [0.25, 0.3) is 11.0 Å². The zero-order valence-corrected chi connectivity index (χ0v) is 17.7. The fourth-order valence-corrected chi connectivity index (χ4v) is 4.21. The van der Waals surface area contributed by atoms with Crippen molar-refractivity contribution in [2.24, 2.45) is 5.73 Å². The number of nitrogens with zero attached hydrogens (tertiary/aromatic N) is 1. The first-order valence-corrected chi connectivity index (χ1v) is 10.2. The molecule has 3 heterocycles. The van der Waals surface area contributed by atoms with Crippen LogP contribution in [-0.4, -0.2) is 29.9 Å². The van der Waals surface area contributed by atoms with Crippen molar-refractivity contribution in [2.75, 3.05) is 13.1 Å². The van der Waals surface area contributed by atoms with E-state index in [4.69, 9.17) is 14.9 Å². The van der Waals surface area contributed by atoms with Gasteiger partial charge in [0.25, 0.3) is 11.8 Å². The number of hydrogen-bond donors (Lipinski definition) is 2. The van der Waals surface area contributed by atoms with Gasteiger partial charge in [-0.15, -0.1) is 0 Å². The van der Waals surface area contributed by atoms with Gasteiger partial charge in [-0.2, -0.15) is 13.2 Å². The summed E-state index contributed by atoms with van der Waals surface area (Å²) in [5.74, 6) is -7.79. The van der Waals surface area contributed by atoms with Crippen molar-refractivity contribution in [3.8, 4) is 5.75 Å². The molecule has 4 rings (SSSR count). The molecule has 3 N–H and O–H groups in total. The second kappa shape index (κ2) is 8.49. The van der Waals surface area contributed by atoms with E-state index < -0.39 is 59.9 Å². The molecule has 1 aliphatic heterocycles. The van der Waals surface area contributed by atoms with Crippen molar-refractivity contribution in [3.63, 3.8) is 0 Å². The number of carbonyl (C=O) groups excluding carboxylic acids is 1. The molecular weight excluding hydrogens is 468 g/mol. The Morgan fingerprint density at radius 2 is 2.12 bits per heavy atom. The molecule has 0 radical (unpaired) electrons. The maximum atomic E-state index is 15.7. The maximum Gasteiger partial charge on any atom is 0.433 e. The molecule has 0 bridgehead atoms. The van der Waals surface area contributed by atoms with Gasteiger partial charge in [-0.1, -0.05) is 6.07 Å². The number of aromatic nitrogens is 1. The molecule has 0 spiro atoms. The Bertz CT molecular complexity index is 1250. The van der Waals surface area contributed by atoms with E-state index in [0.717, 1.165) is 18.3 Å². The van der Waals surface area contributed by atoms with Crippen LogP contribution < -0.4 is 15.8 Å². The predicted molar refractivity (Wildman–Crippen MR) is 108 cm³/mol. The van der Waals surface area contributed by atoms with Crippen molar-refractivity contribution >= 4 is 16.9 Å². The molecule has 1 aromatic carbocycles. The molecular formula is C22H19F6N3O3. The first kappa shape index (κ1) is 23.9. The zero-order valence-electron chi connectivity index (χ0n) is 17.7. The highest BCUT2D eigenvalue weighted by molar-refractivity contribution is 6.07. The van der Waals surface area contributed by atoms with Crippen LogP contribution in [-0.2, 0) is 12.8 Å². The summed E-state index contributed by atoms with van der Waals surface area (Å²) in [5.41, 5.74) is 2.88. The van der Waals surface area contributed by atoms with Crippen LogP contribution >= 0.6 is 0 Å². The Morgan fingerprint density at radius 3 is 2.76 bits per heavy atom. The molecule has 2 aromatic heterocycles. The molecule has 0 saturated carbocycles. The fourth-order valence-electron chi connectivity index (χ4n) is 4.21. The number of fused-ring (bicyclic) bond motifs is 1. The average molecular weight is 487 g/mol. The van der Waals surface area contributed by atoms with Gasteiger partial charge in [-0.3, -0.25) is 9.78 Å². The van der Waals surface area contributed by atoms with Crippen LogP contribution in [0.2, 0.25) is 0 Å². The molecule has 3 aromatic rings. The van der Waals surface area contributed by atoms with Gasteiger partial charge in [0.1, 0.15) is 18.0 Å². The first-order chi connectivity index (χ1) is 15.9. The van der Waals surface area contributed by atoms with E-state index in [-0.39, 0.29) is 40.8 Å².